The van der Waals surface area contributed by atoms with E-state index in [1.165, 1.54) is 49.6 Å². The highest BCUT2D eigenvalue weighted by Crippen LogP contribution is 2.30. The van der Waals surface area contributed by atoms with Crippen LogP contribution in [0.15, 0.2) is 53.1 Å². The van der Waals surface area contributed by atoms with Crippen molar-refractivity contribution in [1.82, 2.24) is 0 Å². The SMILES string of the molecule is COc1ccc(/C=C2\C(=O)N(c3ccc(C(=O)[O-])cc3)N=C2C)cc1[N+](=O)[O-]. The van der Waals surface area contributed by atoms with Gasteiger partial charge in [-0.3, -0.25) is 14.9 Å². The molecule has 1 heterocycles. The van der Waals surface area contributed by atoms with Crippen molar-refractivity contribution in [3.8, 4) is 5.75 Å². The predicted octanol–water partition coefficient (Wildman–Crippen LogP) is 1.77. The number of carbonyl (C=O) groups is 2. The van der Waals surface area contributed by atoms with Crippen LogP contribution in [-0.2, 0) is 4.79 Å². The molecule has 28 heavy (non-hydrogen) atoms. The van der Waals surface area contributed by atoms with Gasteiger partial charge in [-0.25, -0.2) is 0 Å². The summed E-state index contributed by atoms with van der Waals surface area (Å²) < 4.78 is 4.97. The number of methoxy groups -OCH3 is 1. The largest absolute Gasteiger partial charge is 0.545 e. The zero-order chi connectivity index (χ0) is 20.4. The van der Waals surface area contributed by atoms with E-state index in [2.05, 4.69) is 5.10 Å². The number of hydrogen-bond acceptors (Lipinski definition) is 7. The van der Waals surface area contributed by atoms with Gasteiger partial charge in [0.2, 0.25) is 0 Å². The Morgan fingerprint density at radius 1 is 1.21 bits per heavy atom. The van der Waals surface area contributed by atoms with Gasteiger partial charge >= 0.3 is 5.69 Å². The average Bonchev–Trinajstić information content (AvgIpc) is 2.96. The fraction of sp³-hybridized carbons (Fsp3) is 0.105. The number of hydrogen-bond donors (Lipinski definition) is 0. The van der Waals surface area contributed by atoms with E-state index in [-0.39, 0.29) is 22.6 Å². The minimum absolute atomic E-state index is 0.0163. The molecular weight excluding hydrogens is 366 g/mol. The molecule has 0 fully saturated rings. The van der Waals surface area contributed by atoms with Gasteiger partial charge in [0.1, 0.15) is 0 Å². The first-order valence-electron chi connectivity index (χ1n) is 8.07. The Labute approximate surface area is 159 Å². The molecule has 0 saturated heterocycles. The van der Waals surface area contributed by atoms with E-state index in [1.54, 1.807) is 13.0 Å². The second-order valence-corrected chi connectivity index (χ2v) is 5.88. The number of carboxylic acids is 1. The molecule has 3 rings (SSSR count). The predicted molar refractivity (Wildman–Crippen MR) is 99.0 cm³/mol. The van der Waals surface area contributed by atoms with Crippen LogP contribution < -0.4 is 14.9 Å². The number of aromatic carboxylic acids is 1. The van der Waals surface area contributed by atoms with Gasteiger partial charge in [-0.15, -0.1) is 0 Å². The Morgan fingerprint density at radius 3 is 2.46 bits per heavy atom. The number of carboxylic acid groups (broad SMARTS) is 1. The lowest BCUT2D eigenvalue weighted by Crippen LogP contribution is -2.23. The maximum Gasteiger partial charge on any atom is 0.311 e. The van der Waals surface area contributed by atoms with Crippen molar-refractivity contribution in [3.63, 3.8) is 0 Å². The molecule has 0 aliphatic carbocycles. The summed E-state index contributed by atoms with van der Waals surface area (Å²) in [6.45, 7) is 1.64. The van der Waals surface area contributed by atoms with Gasteiger partial charge in [0.25, 0.3) is 5.91 Å². The molecule has 2 aromatic carbocycles. The topological polar surface area (TPSA) is 125 Å². The highest BCUT2D eigenvalue weighted by molar-refractivity contribution is 6.32. The minimum Gasteiger partial charge on any atom is -0.545 e. The molecule has 0 N–H and O–H groups in total. The lowest BCUT2D eigenvalue weighted by atomic mass is 10.1. The molecule has 0 radical (unpaired) electrons. The van der Waals surface area contributed by atoms with E-state index in [4.69, 9.17) is 4.74 Å². The van der Waals surface area contributed by atoms with Crippen LogP contribution in [0.4, 0.5) is 11.4 Å². The number of nitro groups is 1. The minimum atomic E-state index is -1.32. The molecule has 1 amide bonds. The van der Waals surface area contributed by atoms with Gasteiger partial charge in [0, 0.05) is 6.07 Å². The number of anilines is 1. The first kappa shape index (κ1) is 18.8. The second-order valence-electron chi connectivity index (χ2n) is 5.88. The molecule has 142 valence electrons. The van der Waals surface area contributed by atoms with E-state index < -0.39 is 16.8 Å². The number of nitrogens with zero attached hydrogens (tertiary/aromatic N) is 3. The first-order valence-corrected chi connectivity index (χ1v) is 8.07. The van der Waals surface area contributed by atoms with E-state index in [0.717, 1.165) is 5.01 Å². The van der Waals surface area contributed by atoms with Crippen molar-refractivity contribution in [2.75, 3.05) is 12.1 Å². The fourth-order valence-electron chi connectivity index (χ4n) is 2.70. The molecule has 1 aliphatic rings. The molecule has 0 saturated carbocycles. The molecule has 0 spiro atoms. The van der Waals surface area contributed by atoms with Gasteiger partial charge < -0.3 is 14.6 Å². The molecule has 9 heteroatoms. The third-order valence-electron chi connectivity index (χ3n) is 4.12. The summed E-state index contributed by atoms with van der Waals surface area (Å²) >= 11 is 0. The van der Waals surface area contributed by atoms with Crippen LogP contribution >= 0.6 is 0 Å². The van der Waals surface area contributed by atoms with Crippen molar-refractivity contribution >= 4 is 35.0 Å². The zero-order valence-electron chi connectivity index (χ0n) is 14.9. The number of rotatable bonds is 5. The fourth-order valence-corrected chi connectivity index (χ4v) is 2.70. The Balaban J connectivity index is 1.93. The maximum absolute atomic E-state index is 12.7. The number of hydrazone groups is 1. The van der Waals surface area contributed by atoms with Gasteiger partial charge in [0.05, 0.1) is 35.0 Å². The summed E-state index contributed by atoms with van der Waals surface area (Å²) in [6, 6.07) is 9.88. The summed E-state index contributed by atoms with van der Waals surface area (Å²) in [5, 5.41) is 27.3. The lowest BCUT2D eigenvalue weighted by molar-refractivity contribution is -0.385. The summed E-state index contributed by atoms with van der Waals surface area (Å²) in [4.78, 5) is 34.2. The van der Waals surface area contributed by atoms with Crippen LogP contribution in [0.1, 0.15) is 22.8 Å². The van der Waals surface area contributed by atoms with E-state index in [9.17, 15) is 24.8 Å². The third-order valence-corrected chi connectivity index (χ3v) is 4.12. The normalized spacial score (nSPS) is 14.9. The van der Waals surface area contributed by atoms with Crippen LogP contribution in [0.25, 0.3) is 6.08 Å². The van der Waals surface area contributed by atoms with Crippen LogP contribution in [0, 0.1) is 10.1 Å². The number of nitro benzene ring substituents is 1. The molecule has 0 atom stereocenters. The lowest BCUT2D eigenvalue weighted by Gasteiger charge is -2.12. The van der Waals surface area contributed by atoms with Gasteiger partial charge in [-0.2, -0.15) is 10.1 Å². The number of benzene rings is 2. The third kappa shape index (κ3) is 3.45. The van der Waals surface area contributed by atoms with Crippen LogP contribution in [0.3, 0.4) is 0 Å². The maximum atomic E-state index is 12.7. The van der Waals surface area contributed by atoms with Crippen molar-refractivity contribution in [1.29, 1.82) is 0 Å². The zero-order valence-corrected chi connectivity index (χ0v) is 14.9. The highest BCUT2D eigenvalue weighted by Gasteiger charge is 2.29. The molecule has 0 aromatic heterocycles. The summed E-state index contributed by atoms with van der Waals surface area (Å²) in [5.74, 6) is -1.64. The van der Waals surface area contributed by atoms with E-state index >= 15 is 0 Å². The standard InChI is InChI=1S/C19H15N3O6/c1-11-15(9-12-3-8-17(28-2)16(10-12)22(26)27)18(23)21(20-11)14-6-4-13(5-7-14)19(24)25/h3-10H,1-2H3,(H,24,25)/p-1/b15-9-. The van der Waals surface area contributed by atoms with Crippen molar-refractivity contribution in [2.24, 2.45) is 5.10 Å². The van der Waals surface area contributed by atoms with E-state index in [0.29, 0.717) is 17.0 Å². The average molecular weight is 380 g/mol. The van der Waals surface area contributed by atoms with Gasteiger partial charge in [-0.05, 0) is 42.3 Å². The first-order chi connectivity index (χ1) is 13.3. The number of ether oxygens (including phenoxy) is 1. The number of carbonyl (C=O) groups excluding carboxylic acids is 2. The van der Waals surface area contributed by atoms with Crippen LogP contribution in [0.5, 0.6) is 5.75 Å². The molecule has 1 aliphatic heterocycles. The van der Waals surface area contributed by atoms with Gasteiger partial charge in [-0.1, -0.05) is 18.2 Å². The van der Waals surface area contributed by atoms with Crippen molar-refractivity contribution in [2.45, 2.75) is 6.92 Å². The molecule has 0 unspecified atom stereocenters. The Morgan fingerprint density at radius 2 is 1.89 bits per heavy atom. The Hall–Kier alpha value is -4.01. The summed E-state index contributed by atoms with van der Waals surface area (Å²) in [7, 11) is 1.33. The molecule has 9 nitrogen and oxygen atoms in total. The van der Waals surface area contributed by atoms with Crippen LogP contribution in [0.2, 0.25) is 0 Å². The highest BCUT2D eigenvalue weighted by atomic mass is 16.6. The number of amides is 1. The Kier molecular flexibility index (Phi) is 4.90. The quantitative estimate of drug-likeness (QED) is 0.442. The summed E-state index contributed by atoms with van der Waals surface area (Å²) in [6.07, 6.45) is 1.50. The smallest absolute Gasteiger partial charge is 0.311 e. The summed E-state index contributed by atoms with van der Waals surface area (Å²) in [5.41, 5.74) is 1.29. The molecular formula is C19H14N3O6-. The van der Waals surface area contributed by atoms with E-state index in [1.807, 2.05) is 0 Å². The van der Waals surface area contributed by atoms with Crippen LogP contribution in [-0.4, -0.2) is 29.6 Å². The van der Waals surface area contributed by atoms with Crippen molar-refractivity contribution < 1.29 is 24.4 Å². The monoisotopic (exact) mass is 380 g/mol. The van der Waals surface area contributed by atoms with Crippen molar-refractivity contribution in [3.05, 3.63) is 69.3 Å². The second kappa shape index (κ2) is 7.31. The molecule has 2 aromatic rings. The molecule has 0 bridgehead atoms. The Bertz CT molecular complexity index is 1040. The van der Waals surface area contributed by atoms with Gasteiger partial charge in [0.15, 0.2) is 5.75 Å².